The van der Waals surface area contributed by atoms with Crippen LogP contribution in [0.1, 0.15) is 36.8 Å². The predicted octanol–water partition coefficient (Wildman–Crippen LogP) is 4.48. The summed E-state index contributed by atoms with van der Waals surface area (Å²) in [5, 5.41) is 17.1. The lowest BCUT2D eigenvalue weighted by molar-refractivity contribution is 0.108. The van der Waals surface area contributed by atoms with E-state index in [1.165, 1.54) is 5.57 Å². The van der Waals surface area contributed by atoms with Gasteiger partial charge in [0.05, 0.1) is 17.0 Å². The maximum atomic E-state index is 10.0. The van der Waals surface area contributed by atoms with Crippen LogP contribution in [-0.2, 0) is 0 Å². The van der Waals surface area contributed by atoms with Gasteiger partial charge in [0.2, 0.25) is 0 Å². The molecule has 0 amide bonds. The van der Waals surface area contributed by atoms with Crippen molar-refractivity contribution in [1.29, 1.82) is 0 Å². The Morgan fingerprint density at radius 1 is 1.28 bits per heavy atom. The van der Waals surface area contributed by atoms with Crippen molar-refractivity contribution in [2.45, 2.75) is 46.6 Å². The Balaban J connectivity index is 1.68. The van der Waals surface area contributed by atoms with Crippen molar-refractivity contribution in [1.82, 2.24) is 20.4 Å². The lowest BCUT2D eigenvalue weighted by atomic mass is 9.91. The highest BCUT2D eigenvalue weighted by Crippen LogP contribution is 2.37. The van der Waals surface area contributed by atoms with Crippen molar-refractivity contribution in [3.63, 3.8) is 0 Å². The molecule has 1 aromatic carbocycles. The second kappa shape index (κ2) is 11.2. The maximum Gasteiger partial charge on any atom is 0.162 e. The largest absolute Gasteiger partial charge is 0.491 e. The Hall–Kier alpha value is -3.23. The van der Waals surface area contributed by atoms with E-state index in [1.54, 1.807) is 7.05 Å². The number of benzene rings is 1. The summed E-state index contributed by atoms with van der Waals surface area (Å²) in [5.74, 6) is 3.55. The van der Waals surface area contributed by atoms with Crippen LogP contribution in [-0.4, -0.2) is 59.6 Å². The maximum absolute atomic E-state index is 10.0. The number of allylic oxidation sites excluding steroid dienone is 1. The van der Waals surface area contributed by atoms with E-state index in [1.807, 2.05) is 38.1 Å². The average Bonchev–Trinajstić information content (AvgIpc) is 3.18. The van der Waals surface area contributed by atoms with Gasteiger partial charge in [0, 0.05) is 30.8 Å². The topological polar surface area (TPSA) is 96.5 Å². The molecule has 4 rings (SSSR count). The second-order valence-corrected chi connectivity index (χ2v) is 9.67. The minimum absolute atomic E-state index is 0.201. The normalized spacial score (nSPS) is 14.6. The molecular weight excluding hydrogens is 454 g/mol. The lowest BCUT2D eigenvalue weighted by Gasteiger charge is -2.41. The van der Waals surface area contributed by atoms with E-state index < -0.39 is 6.10 Å². The van der Waals surface area contributed by atoms with Crippen molar-refractivity contribution in [2.75, 3.05) is 38.2 Å². The highest BCUT2D eigenvalue weighted by atomic mass is 16.5. The lowest BCUT2D eigenvalue weighted by Crippen LogP contribution is -2.47. The molecular formula is C28H37N5O3. The number of hydrogen-bond donors (Lipinski definition) is 2. The molecule has 0 saturated carbocycles. The van der Waals surface area contributed by atoms with Gasteiger partial charge in [0.1, 0.15) is 30.0 Å². The molecule has 0 bridgehead atoms. The molecule has 3 heterocycles. The van der Waals surface area contributed by atoms with Crippen LogP contribution in [0.2, 0.25) is 0 Å². The number of nitrogens with zero attached hydrogens (tertiary/aromatic N) is 4. The van der Waals surface area contributed by atoms with Gasteiger partial charge in [0.25, 0.3) is 0 Å². The van der Waals surface area contributed by atoms with Gasteiger partial charge in [0.15, 0.2) is 5.82 Å². The Kier molecular flexibility index (Phi) is 8.06. The van der Waals surface area contributed by atoms with Gasteiger partial charge in [-0.05, 0) is 58.7 Å². The molecule has 0 aliphatic carbocycles. The first kappa shape index (κ1) is 25.9. The van der Waals surface area contributed by atoms with Crippen LogP contribution >= 0.6 is 0 Å². The van der Waals surface area contributed by atoms with E-state index in [2.05, 4.69) is 35.8 Å². The molecule has 0 spiro atoms. The number of rotatable bonds is 11. The van der Waals surface area contributed by atoms with Crippen LogP contribution in [0, 0.1) is 26.7 Å². The Morgan fingerprint density at radius 2 is 2.06 bits per heavy atom. The fraction of sp³-hybridized carbons (Fsp3) is 0.464. The second-order valence-electron chi connectivity index (χ2n) is 9.67. The summed E-state index contributed by atoms with van der Waals surface area (Å²) in [6, 6.07) is 7.69. The van der Waals surface area contributed by atoms with Gasteiger partial charge in [-0.3, -0.25) is 0 Å². The third kappa shape index (κ3) is 5.60. The number of anilines is 1. The highest BCUT2D eigenvalue weighted by molar-refractivity contribution is 5.75. The Bertz CT molecular complexity index is 1200. The molecule has 1 unspecified atom stereocenters. The first-order valence-corrected chi connectivity index (χ1v) is 12.6. The number of ether oxygens (including phenoxy) is 1. The standard InChI is InChI=1S/C28H37N5O3/c1-7-17(2)11-21-14-33(15-21)28-18(3)26(25-19(4)32-36-20(25)5)30-27(31-28)22-9-8-10-24(12-22)35-16-23(34)13-29-6/h8-10,12,21,23,29,34H,2,7,11,13-16H2,1,3-6H3. The van der Waals surface area contributed by atoms with Gasteiger partial charge >= 0.3 is 0 Å². The van der Waals surface area contributed by atoms with Crippen molar-refractivity contribution in [3.8, 4) is 28.4 Å². The number of aromatic nitrogens is 3. The summed E-state index contributed by atoms with van der Waals surface area (Å²) in [6.45, 7) is 14.8. The number of aryl methyl sites for hydroxylation is 2. The van der Waals surface area contributed by atoms with Crippen LogP contribution in [0.15, 0.2) is 40.9 Å². The molecule has 1 aliphatic heterocycles. The Labute approximate surface area is 213 Å². The van der Waals surface area contributed by atoms with Gasteiger partial charge < -0.3 is 24.6 Å². The highest BCUT2D eigenvalue weighted by Gasteiger charge is 2.31. The SMILES string of the molecule is C=C(CC)CC1CN(c2nc(-c3cccc(OCC(O)CNC)c3)nc(-c3c(C)noc3C)c2C)C1. The Morgan fingerprint density at radius 3 is 2.72 bits per heavy atom. The molecule has 0 radical (unpaired) electrons. The zero-order valence-corrected chi connectivity index (χ0v) is 22.0. The minimum atomic E-state index is -0.588. The summed E-state index contributed by atoms with van der Waals surface area (Å²) in [7, 11) is 1.80. The summed E-state index contributed by atoms with van der Waals surface area (Å²) in [5.41, 5.74) is 5.72. The number of nitrogens with one attached hydrogen (secondary N) is 1. The number of likely N-dealkylation sites (N-methyl/N-ethyl adjacent to an activating group) is 1. The van der Waals surface area contributed by atoms with E-state index in [0.717, 1.165) is 65.6 Å². The van der Waals surface area contributed by atoms with E-state index in [0.29, 0.717) is 24.0 Å². The molecule has 1 fully saturated rings. The molecule has 1 aliphatic rings. The van der Waals surface area contributed by atoms with Crippen molar-refractivity contribution in [2.24, 2.45) is 5.92 Å². The zero-order valence-electron chi connectivity index (χ0n) is 22.0. The number of hydrogen-bond acceptors (Lipinski definition) is 8. The van der Waals surface area contributed by atoms with Gasteiger partial charge in [-0.15, -0.1) is 0 Å². The predicted molar refractivity (Wildman–Crippen MR) is 142 cm³/mol. The molecule has 3 aromatic rings. The number of aliphatic hydroxyl groups is 1. The van der Waals surface area contributed by atoms with Gasteiger partial charge in [-0.2, -0.15) is 0 Å². The summed E-state index contributed by atoms with van der Waals surface area (Å²) in [4.78, 5) is 12.3. The molecule has 8 heteroatoms. The zero-order chi connectivity index (χ0) is 25.8. The minimum Gasteiger partial charge on any atom is -0.491 e. The van der Waals surface area contributed by atoms with Crippen LogP contribution in [0.25, 0.3) is 22.6 Å². The molecule has 192 valence electrons. The van der Waals surface area contributed by atoms with Crippen molar-refractivity contribution >= 4 is 5.82 Å². The van der Waals surface area contributed by atoms with Gasteiger partial charge in [-0.25, -0.2) is 9.97 Å². The van der Waals surface area contributed by atoms with E-state index in [4.69, 9.17) is 19.2 Å². The molecule has 8 nitrogen and oxygen atoms in total. The fourth-order valence-corrected chi connectivity index (χ4v) is 4.64. The van der Waals surface area contributed by atoms with Crippen LogP contribution in [0.4, 0.5) is 5.82 Å². The average molecular weight is 492 g/mol. The summed E-state index contributed by atoms with van der Waals surface area (Å²) < 4.78 is 11.3. The quantitative estimate of drug-likeness (QED) is 0.379. The van der Waals surface area contributed by atoms with Crippen LogP contribution in [0.3, 0.4) is 0 Å². The van der Waals surface area contributed by atoms with E-state index in [-0.39, 0.29) is 6.61 Å². The molecule has 1 saturated heterocycles. The third-order valence-corrected chi connectivity index (χ3v) is 6.70. The van der Waals surface area contributed by atoms with E-state index >= 15 is 0 Å². The molecule has 1 atom stereocenters. The van der Waals surface area contributed by atoms with Crippen molar-refractivity contribution < 1.29 is 14.4 Å². The van der Waals surface area contributed by atoms with Crippen LogP contribution < -0.4 is 15.0 Å². The number of aliphatic hydroxyl groups excluding tert-OH is 1. The summed E-state index contributed by atoms with van der Waals surface area (Å²) >= 11 is 0. The molecule has 2 aromatic heterocycles. The van der Waals surface area contributed by atoms with E-state index in [9.17, 15) is 5.11 Å². The monoisotopic (exact) mass is 491 g/mol. The first-order chi connectivity index (χ1) is 17.3. The first-order valence-electron chi connectivity index (χ1n) is 12.6. The van der Waals surface area contributed by atoms with Gasteiger partial charge in [-0.1, -0.05) is 36.4 Å². The molecule has 2 N–H and O–H groups in total. The third-order valence-electron chi connectivity index (χ3n) is 6.70. The fourth-order valence-electron chi connectivity index (χ4n) is 4.64. The molecule has 36 heavy (non-hydrogen) atoms. The van der Waals surface area contributed by atoms with Crippen LogP contribution in [0.5, 0.6) is 5.75 Å². The summed E-state index contributed by atoms with van der Waals surface area (Å²) in [6.07, 6.45) is 1.49. The smallest absolute Gasteiger partial charge is 0.162 e. The van der Waals surface area contributed by atoms with Crippen molar-refractivity contribution in [3.05, 3.63) is 53.4 Å².